The molecule has 0 aliphatic rings. The van der Waals surface area contributed by atoms with Gasteiger partial charge in [-0.3, -0.25) is 4.79 Å². The number of nitrogens with one attached hydrogen (secondary N) is 1. The van der Waals surface area contributed by atoms with Crippen LogP contribution in [-0.2, 0) is 6.42 Å². The number of aromatic nitrogens is 1. The lowest BCUT2D eigenvalue weighted by molar-refractivity contribution is 0.516. The predicted octanol–water partition coefficient (Wildman–Crippen LogP) is 3.09. The molecule has 2 nitrogen and oxygen atoms in total. The van der Waals surface area contributed by atoms with Crippen LogP contribution in [0.1, 0.15) is 12.6 Å². The van der Waals surface area contributed by atoms with Crippen molar-refractivity contribution in [1.82, 2.24) is 4.98 Å². The van der Waals surface area contributed by atoms with E-state index < -0.39 is 11.6 Å². The number of allylic oxidation sites excluding steroid dienone is 1. The molecule has 1 aromatic carbocycles. The number of aryl methyl sites for hydroxylation is 1. The summed E-state index contributed by atoms with van der Waals surface area (Å²) in [5.41, 5.74) is 0.887. The molecule has 2 aromatic rings. The average molecular weight is 237 g/mol. The van der Waals surface area contributed by atoms with Crippen molar-refractivity contribution in [1.29, 1.82) is 0 Å². The number of aromatic amines is 1. The van der Waals surface area contributed by atoms with Gasteiger partial charge >= 0.3 is 0 Å². The van der Waals surface area contributed by atoms with E-state index in [0.717, 1.165) is 6.07 Å². The first-order chi connectivity index (χ1) is 8.06. The van der Waals surface area contributed by atoms with E-state index >= 15 is 0 Å². The highest BCUT2D eigenvalue weighted by molar-refractivity contribution is 5.83. The zero-order chi connectivity index (χ0) is 12.6. The molecular formula is C13H13F2NO. The zero-order valence-electron chi connectivity index (χ0n) is 9.31. The van der Waals surface area contributed by atoms with Crippen molar-refractivity contribution in [3.8, 4) is 0 Å². The quantitative estimate of drug-likeness (QED) is 0.800. The third-order valence-electron chi connectivity index (χ3n) is 2.79. The molecule has 1 aromatic heterocycles. The zero-order valence-corrected chi connectivity index (χ0v) is 9.31. The van der Waals surface area contributed by atoms with Crippen molar-refractivity contribution in [2.24, 2.45) is 0 Å². The first-order valence-electron chi connectivity index (χ1n) is 5.16. The maximum absolute atomic E-state index is 13.7. The molecule has 17 heavy (non-hydrogen) atoms. The minimum atomic E-state index is -0.929. The Hall–Kier alpha value is -1.97. The second kappa shape index (κ2) is 4.13. The lowest BCUT2D eigenvalue weighted by atomic mass is 10.0. The summed E-state index contributed by atoms with van der Waals surface area (Å²) in [4.78, 5) is 14.3. The Balaban J connectivity index is 0.00000162. The molecule has 1 heterocycles. The molecule has 0 fully saturated rings. The molecule has 4 heteroatoms. The number of H-pyrrole nitrogens is 1. The van der Waals surface area contributed by atoms with E-state index in [2.05, 4.69) is 11.6 Å². The highest BCUT2D eigenvalue weighted by Crippen LogP contribution is 2.23. The maximum atomic E-state index is 13.7. The van der Waals surface area contributed by atoms with Crippen LogP contribution < -0.4 is 5.56 Å². The molecule has 0 aliphatic heterocycles. The van der Waals surface area contributed by atoms with Gasteiger partial charge in [0.1, 0.15) is 0 Å². The fourth-order valence-corrected chi connectivity index (χ4v) is 1.93. The fraction of sp³-hybridized carbons (Fsp3) is 0.154. The van der Waals surface area contributed by atoms with Crippen molar-refractivity contribution in [3.05, 3.63) is 57.9 Å². The molecule has 0 saturated heterocycles. The maximum Gasteiger partial charge on any atom is 0.252 e. The average Bonchev–Trinajstić information content (AvgIpc) is 2.29. The van der Waals surface area contributed by atoms with E-state index in [-0.39, 0.29) is 12.4 Å². The fourth-order valence-electron chi connectivity index (χ4n) is 1.93. The predicted molar refractivity (Wildman–Crippen MR) is 65.2 cm³/mol. The van der Waals surface area contributed by atoms with Crippen molar-refractivity contribution < 1.29 is 10.2 Å². The molecule has 0 bridgehead atoms. The van der Waals surface area contributed by atoms with E-state index in [1.54, 1.807) is 13.0 Å². The van der Waals surface area contributed by atoms with Crippen LogP contribution in [0.2, 0.25) is 0 Å². The van der Waals surface area contributed by atoms with E-state index in [0.29, 0.717) is 23.1 Å². The normalized spacial score (nSPS) is 10.8. The van der Waals surface area contributed by atoms with Crippen LogP contribution >= 0.6 is 0 Å². The van der Waals surface area contributed by atoms with Gasteiger partial charge in [-0.05, 0) is 31.0 Å². The van der Waals surface area contributed by atoms with Crippen molar-refractivity contribution in [2.45, 2.75) is 13.3 Å². The summed E-state index contributed by atoms with van der Waals surface area (Å²) in [5, 5.41) is 0.126. The number of rotatable bonds is 2. The minimum absolute atomic E-state index is 0. The summed E-state index contributed by atoms with van der Waals surface area (Å²) in [6, 6.07) is 2.36. The summed E-state index contributed by atoms with van der Waals surface area (Å²) in [5.74, 6) is -1.85. The number of hydrogen-bond acceptors (Lipinski definition) is 1. The lowest BCUT2D eigenvalue weighted by Crippen LogP contribution is -2.15. The minimum Gasteiger partial charge on any atom is -0.322 e. The summed E-state index contributed by atoms with van der Waals surface area (Å²) < 4.78 is 26.8. The second-order valence-electron chi connectivity index (χ2n) is 3.83. The highest BCUT2D eigenvalue weighted by atomic mass is 19.2. The van der Waals surface area contributed by atoms with Crippen LogP contribution in [0.5, 0.6) is 0 Å². The molecule has 0 spiro atoms. The molecule has 0 aliphatic carbocycles. The van der Waals surface area contributed by atoms with Gasteiger partial charge in [0, 0.05) is 12.4 Å². The Morgan fingerprint density at radius 2 is 2.18 bits per heavy atom. The van der Waals surface area contributed by atoms with E-state index in [1.165, 1.54) is 6.07 Å². The van der Waals surface area contributed by atoms with Crippen LogP contribution in [0.15, 0.2) is 29.6 Å². The van der Waals surface area contributed by atoms with Gasteiger partial charge in [0.05, 0.1) is 5.52 Å². The van der Waals surface area contributed by atoms with Gasteiger partial charge in [-0.1, -0.05) is 6.08 Å². The summed E-state index contributed by atoms with van der Waals surface area (Å²) in [6.07, 6.45) is 1.88. The molecule has 1 N–H and O–H groups in total. The smallest absolute Gasteiger partial charge is 0.252 e. The summed E-state index contributed by atoms with van der Waals surface area (Å²) in [6.45, 7) is 5.15. The molecule has 0 saturated carbocycles. The Morgan fingerprint density at radius 3 is 2.82 bits per heavy atom. The molecule has 0 atom stereocenters. The SMILES string of the molecule is C=CCc1c(C)c2c(F)c(F)ccc2[nH]c1=O.[HH]. The Bertz CT molecular complexity index is 664. The van der Waals surface area contributed by atoms with Crippen LogP contribution in [0.3, 0.4) is 0 Å². The molecule has 0 amide bonds. The first kappa shape index (κ1) is 11.5. The van der Waals surface area contributed by atoms with Gasteiger partial charge < -0.3 is 4.98 Å². The third-order valence-corrected chi connectivity index (χ3v) is 2.79. The van der Waals surface area contributed by atoms with Gasteiger partial charge in [0.25, 0.3) is 5.56 Å². The van der Waals surface area contributed by atoms with Crippen LogP contribution in [-0.4, -0.2) is 4.98 Å². The van der Waals surface area contributed by atoms with Gasteiger partial charge in [0.15, 0.2) is 11.6 Å². The van der Waals surface area contributed by atoms with Gasteiger partial charge in [0.2, 0.25) is 0 Å². The molecule has 0 radical (unpaired) electrons. The van der Waals surface area contributed by atoms with E-state index in [9.17, 15) is 13.6 Å². The van der Waals surface area contributed by atoms with Crippen LogP contribution in [0.25, 0.3) is 10.9 Å². The number of hydrogen-bond donors (Lipinski definition) is 1. The van der Waals surface area contributed by atoms with Gasteiger partial charge in [-0.15, -0.1) is 6.58 Å². The molecular weight excluding hydrogens is 224 g/mol. The standard InChI is InChI=1S/C13H11F2NO.H2/c1-3-4-8-7(2)11-10(16-13(8)17)6-5-9(14)12(11)15;/h3,5-6H,1,4H2,2H3,(H,16,17);1H. The van der Waals surface area contributed by atoms with Crippen molar-refractivity contribution in [3.63, 3.8) is 0 Å². The van der Waals surface area contributed by atoms with Crippen LogP contribution in [0, 0.1) is 18.6 Å². The van der Waals surface area contributed by atoms with E-state index in [1.807, 2.05) is 0 Å². The van der Waals surface area contributed by atoms with Crippen LogP contribution in [0.4, 0.5) is 8.78 Å². The molecule has 90 valence electrons. The number of pyridine rings is 1. The Kier molecular flexibility index (Phi) is 2.79. The number of fused-ring (bicyclic) bond motifs is 1. The Morgan fingerprint density at radius 1 is 1.47 bits per heavy atom. The largest absolute Gasteiger partial charge is 0.322 e. The molecule has 2 rings (SSSR count). The van der Waals surface area contributed by atoms with Gasteiger partial charge in [-0.25, -0.2) is 8.78 Å². The topological polar surface area (TPSA) is 32.9 Å². The van der Waals surface area contributed by atoms with Crippen molar-refractivity contribution >= 4 is 10.9 Å². The summed E-state index contributed by atoms with van der Waals surface area (Å²) >= 11 is 0. The monoisotopic (exact) mass is 237 g/mol. The molecule has 0 unspecified atom stereocenters. The van der Waals surface area contributed by atoms with E-state index in [4.69, 9.17) is 0 Å². The third kappa shape index (κ3) is 1.75. The number of halogens is 2. The lowest BCUT2D eigenvalue weighted by Gasteiger charge is -2.08. The van der Waals surface area contributed by atoms with Gasteiger partial charge in [-0.2, -0.15) is 0 Å². The summed E-state index contributed by atoms with van der Waals surface area (Å²) in [7, 11) is 0. The van der Waals surface area contributed by atoms with Crippen molar-refractivity contribution in [2.75, 3.05) is 0 Å². The Labute approximate surface area is 98.1 Å². The highest BCUT2D eigenvalue weighted by Gasteiger charge is 2.14. The first-order valence-corrected chi connectivity index (χ1v) is 5.16. The number of benzene rings is 1. The second-order valence-corrected chi connectivity index (χ2v) is 3.83.